The molecule has 0 radical (unpaired) electrons. The summed E-state index contributed by atoms with van der Waals surface area (Å²) in [5, 5.41) is 1.65. The first kappa shape index (κ1) is 8.65. The maximum atomic E-state index is 5.07. The van der Waals surface area contributed by atoms with Gasteiger partial charge >= 0.3 is 0 Å². The molecule has 0 amide bonds. The molecule has 0 saturated carbocycles. The van der Waals surface area contributed by atoms with E-state index in [-0.39, 0.29) is 0 Å². The standard InChI is InChI=1S/C10H12O2/c1-7-5-8(2)10(12-4)6-9(7)11-3/h5-6H,1-2H2,3-4H3. The first-order valence-electron chi connectivity index (χ1n) is 3.59. The van der Waals surface area contributed by atoms with Gasteiger partial charge in [0.05, 0.1) is 14.2 Å². The Bertz CT molecular complexity index is 335. The summed E-state index contributed by atoms with van der Waals surface area (Å²) < 4.78 is 10.1. The topological polar surface area (TPSA) is 18.5 Å². The van der Waals surface area contributed by atoms with Crippen LogP contribution in [0.15, 0.2) is 12.1 Å². The molecule has 0 fully saturated rings. The van der Waals surface area contributed by atoms with E-state index in [9.17, 15) is 0 Å². The highest BCUT2D eigenvalue weighted by Gasteiger charge is 1.97. The van der Waals surface area contributed by atoms with E-state index in [0.717, 1.165) is 21.9 Å². The van der Waals surface area contributed by atoms with Gasteiger partial charge in [-0.15, -0.1) is 0 Å². The predicted octanol–water partition coefficient (Wildman–Crippen LogP) is 0.524. The lowest BCUT2D eigenvalue weighted by Gasteiger charge is -2.04. The van der Waals surface area contributed by atoms with E-state index in [2.05, 4.69) is 13.2 Å². The van der Waals surface area contributed by atoms with Crippen LogP contribution in [0, 0.1) is 0 Å². The summed E-state index contributed by atoms with van der Waals surface area (Å²) in [6, 6.07) is 3.61. The molecule has 64 valence electrons. The van der Waals surface area contributed by atoms with Gasteiger partial charge < -0.3 is 9.47 Å². The first-order valence-corrected chi connectivity index (χ1v) is 3.59. The van der Waals surface area contributed by atoms with Gasteiger partial charge in [-0.05, 0) is 6.07 Å². The highest BCUT2D eigenvalue weighted by atomic mass is 16.5. The number of hydrogen-bond acceptors (Lipinski definition) is 2. The van der Waals surface area contributed by atoms with Crippen LogP contribution in [-0.2, 0) is 0 Å². The van der Waals surface area contributed by atoms with E-state index in [4.69, 9.17) is 9.47 Å². The fourth-order valence-electron chi connectivity index (χ4n) is 1.04. The molecule has 0 unspecified atom stereocenters. The van der Waals surface area contributed by atoms with Crippen molar-refractivity contribution >= 4 is 13.2 Å². The molecule has 0 saturated heterocycles. The third-order valence-electron chi connectivity index (χ3n) is 1.68. The molecule has 0 bridgehead atoms. The number of benzene rings is 1. The Morgan fingerprint density at radius 2 is 2.08 bits per heavy atom. The predicted molar refractivity (Wildman–Crippen MR) is 49.8 cm³/mol. The van der Waals surface area contributed by atoms with Gasteiger partial charge in [-0.2, -0.15) is 0 Å². The second kappa shape index (κ2) is 3.30. The first-order chi connectivity index (χ1) is 5.69. The summed E-state index contributed by atoms with van der Waals surface area (Å²) in [6.45, 7) is 7.61. The minimum absolute atomic E-state index is 0.722. The molecule has 0 aliphatic heterocycles. The van der Waals surface area contributed by atoms with Crippen molar-refractivity contribution in [3.63, 3.8) is 0 Å². The van der Waals surface area contributed by atoms with Crippen LogP contribution in [0.2, 0.25) is 0 Å². The zero-order chi connectivity index (χ0) is 9.14. The van der Waals surface area contributed by atoms with Gasteiger partial charge in [0.1, 0.15) is 11.5 Å². The van der Waals surface area contributed by atoms with Gasteiger partial charge in [0.25, 0.3) is 0 Å². The van der Waals surface area contributed by atoms with Crippen LogP contribution in [0.3, 0.4) is 0 Å². The molecule has 0 atom stereocenters. The summed E-state index contributed by atoms with van der Waals surface area (Å²) >= 11 is 0. The van der Waals surface area contributed by atoms with Gasteiger partial charge in [0, 0.05) is 16.5 Å². The van der Waals surface area contributed by atoms with Crippen molar-refractivity contribution in [2.24, 2.45) is 0 Å². The van der Waals surface area contributed by atoms with Gasteiger partial charge in [0.2, 0.25) is 0 Å². The van der Waals surface area contributed by atoms with Crippen molar-refractivity contribution in [3.05, 3.63) is 22.6 Å². The summed E-state index contributed by atoms with van der Waals surface area (Å²) in [5.41, 5.74) is 0. The van der Waals surface area contributed by atoms with Crippen molar-refractivity contribution in [2.75, 3.05) is 14.2 Å². The van der Waals surface area contributed by atoms with E-state index >= 15 is 0 Å². The molecule has 2 nitrogen and oxygen atoms in total. The Morgan fingerprint density at radius 1 is 1.42 bits per heavy atom. The summed E-state index contributed by atoms with van der Waals surface area (Å²) in [6.07, 6.45) is 0. The minimum Gasteiger partial charge on any atom is -0.496 e. The van der Waals surface area contributed by atoms with Crippen LogP contribution in [0.4, 0.5) is 0 Å². The average Bonchev–Trinajstić information content (AvgIpc) is 2.05. The Kier molecular flexibility index (Phi) is 2.38. The average molecular weight is 164 g/mol. The molecule has 0 spiro atoms. The molecule has 1 aromatic rings. The highest BCUT2D eigenvalue weighted by Crippen LogP contribution is 2.08. The molecule has 2 heteroatoms. The number of rotatable bonds is 2. The lowest BCUT2D eigenvalue weighted by molar-refractivity contribution is 0.390. The third kappa shape index (κ3) is 1.42. The minimum atomic E-state index is 0.722. The lowest BCUT2D eigenvalue weighted by atomic mass is 10.2. The van der Waals surface area contributed by atoms with Crippen LogP contribution in [0.1, 0.15) is 0 Å². The maximum absolute atomic E-state index is 5.07. The Labute approximate surface area is 71.7 Å². The Balaban J connectivity index is 3.38. The smallest absolute Gasteiger partial charge is 0.129 e. The van der Waals surface area contributed by atoms with Crippen LogP contribution >= 0.6 is 0 Å². The monoisotopic (exact) mass is 164 g/mol. The summed E-state index contributed by atoms with van der Waals surface area (Å²) in [4.78, 5) is 0. The molecule has 0 aliphatic rings. The Hall–Kier alpha value is -1.44. The van der Waals surface area contributed by atoms with Crippen molar-refractivity contribution in [2.45, 2.75) is 0 Å². The molecular formula is C10H12O2. The molecule has 12 heavy (non-hydrogen) atoms. The fraction of sp³-hybridized carbons (Fsp3) is 0.200. The van der Waals surface area contributed by atoms with Gasteiger partial charge in [-0.1, -0.05) is 13.2 Å². The van der Waals surface area contributed by atoms with E-state index < -0.39 is 0 Å². The second-order valence-corrected chi connectivity index (χ2v) is 2.48. The zero-order valence-corrected chi connectivity index (χ0v) is 7.39. The zero-order valence-electron chi connectivity index (χ0n) is 7.39. The van der Waals surface area contributed by atoms with Crippen molar-refractivity contribution in [1.82, 2.24) is 0 Å². The number of methoxy groups -OCH3 is 2. The summed E-state index contributed by atoms with van der Waals surface area (Å²) in [5.74, 6) is 1.44. The van der Waals surface area contributed by atoms with Crippen LogP contribution in [0.25, 0.3) is 13.2 Å². The maximum Gasteiger partial charge on any atom is 0.129 e. The molecule has 1 rings (SSSR count). The van der Waals surface area contributed by atoms with E-state index in [0.29, 0.717) is 0 Å². The second-order valence-electron chi connectivity index (χ2n) is 2.48. The Morgan fingerprint density at radius 3 is 2.58 bits per heavy atom. The summed E-state index contributed by atoms with van der Waals surface area (Å²) in [7, 11) is 3.21. The third-order valence-corrected chi connectivity index (χ3v) is 1.68. The molecular weight excluding hydrogens is 152 g/mol. The van der Waals surface area contributed by atoms with E-state index in [1.54, 1.807) is 20.3 Å². The van der Waals surface area contributed by atoms with Crippen molar-refractivity contribution < 1.29 is 9.47 Å². The molecule has 0 aliphatic carbocycles. The van der Waals surface area contributed by atoms with Gasteiger partial charge in [-0.3, -0.25) is 0 Å². The van der Waals surface area contributed by atoms with Crippen LogP contribution in [0.5, 0.6) is 11.5 Å². The van der Waals surface area contributed by atoms with Crippen molar-refractivity contribution in [3.8, 4) is 11.5 Å². The SMILES string of the molecule is C=c1[cH-]c(=C)[c+](OC)cc1OC. The van der Waals surface area contributed by atoms with Crippen LogP contribution in [-0.4, -0.2) is 14.2 Å². The van der Waals surface area contributed by atoms with Crippen molar-refractivity contribution in [1.29, 1.82) is 0 Å². The molecule has 1 aromatic carbocycles. The lowest BCUT2D eigenvalue weighted by Crippen LogP contribution is -2.13. The molecule has 0 N–H and O–H groups in total. The number of ether oxygens (including phenoxy) is 2. The molecule has 0 aromatic heterocycles. The largest absolute Gasteiger partial charge is 0.496 e. The molecule has 0 heterocycles. The van der Waals surface area contributed by atoms with Gasteiger partial charge in [-0.25, -0.2) is 0 Å². The van der Waals surface area contributed by atoms with Crippen LogP contribution < -0.4 is 19.9 Å². The highest BCUT2D eigenvalue weighted by molar-refractivity contribution is 5.38. The van der Waals surface area contributed by atoms with E-state index in [1.807, 2.05) is 6.07 Å². The normalized spacial score (nSPS) is 9.50. The quantitative estimate of drug-likeness (QED) is 0.593. The van der Waals surface area contributed by atoms with E-state index in [1.165, 1.54) is 0 Å². The number of hydrogen-bond donors (Lipinski definition) is 0. The fourth-order valence-corrected chi connectivity index (χ4v) is 1.04. The van der Waals surface area contributed by atoms with Gasteiger partial charge in [0.15, 0.2) is 0 Å².